The van der Waals surface area contributed by atoms with E-state index in [2.05, 4.69) is 14.9 Å². The van der Waals surface area contributed by atoms with Crippen LogP contribution in [-0.2, 0) is 4.79 Å². The number of nitrogens with zero attached hydrogens (tertiary/aromatic N) is 4. The van der Waals surface area contributed by atoms with Gasteiger partial charge in [0.2, 0.25) is 5.95 Å². The third-order valence-corrected chi connectivity index (χ3v) is 3.64. The van der Waals surface area contributed by atoms with E-state index in [1.807, 2.05) is 25.1 Å². The van der Waals surface area contributed by atoms with Crippen LogP contribution in [0.25, 0.3) is 0 Å². The molecule has 2 heterocycles. The van der Waals surface area contributed by atoms with Gasteiger partial charge in [-0.15, -0.1) is 0 Å². The quantitative estimate of drug-likeness (QED) is 0.885. The summed E-state index contributed by atoms with van der Waals surface area (Å²) in [5, 5.41) is 8.87. The van der Waals surface area contributed by atoms with Crippen molar-refractivity contribution in [3.63, 3.8) is 0 Å². The predicted molar refractivity (Wildman–Crippen MR) is 78.2 cm³/mol. The van der Waals surface area contributed by atoms with Crippen LogP contribution in [0, 0.1) is 0 Å². The summed E-state index contributed by atoms with van der Waals surface area (Å²) >= 11 is 0. The molecule has 0 aliphatic carbocycles. The van der Waals surface area contributed by atoms with E-state index < -0.39 is 5.97 Å². The van der Waals surface area contributed by atoms with Crippen molar-refractivity contribution in [1.29, 1.82) is 0 Å². The molecule has 0 saturated carbocycles. The van der Waals surface area contributed by atoms with Gasteiger partial charge < -0.3 is 14.9 Å². The minimum absolute atomic E-state index is 0.215. The van der Waals surface area contributed by atoms with E-state index in [1.54, 1.807) is 6.20 Å². The molecule has 0 bridgehead atoms. The number of hydrogen-bond donors (Lipinski definition) is 1. The van der Waals surface area contributed by atoms with Crippen LogP contribution >= 0.6 is 0 Å². The largest absolute Gasteiger partial charge is 0.481 e. The Morgan fingerprint density at radius 2 is 2.30 bits per heavy atom. The predicted octanol–water partition coefficient (Wildman–Crippen LogP) is 1.77. The van der Waals surface area contributed by atoms with Gasteiger partial charge in [-0.05, 0) is 31.7 Å². The smallest absolute Gasteiger partial charge is 0.303 e. The Labute approximate surface area is 119 Å². The van der Waals surface area contributed by atoms with Gasteiger partial charge in [-0.1, -0.05) is 0 Å². The van der Waals surface area contributed by atoms with Gasteiger partial charge in [0, 0.05) is 39.3 Å². The lowest BCUT2D eigenvalue weighted by atomic mass is 9.98. The molecule has 6 nitrogen and oxygen atoms in total. The summed E-state index contributed by atoms with van der Waals surface area (Å²) in [4.78, 5) is 23.7. The second kappa shape index (κ2) is 6.54. The summed E-state index contributed by atoms with van der Waals surface area (Å²) in [6.07, 6.45) is 5.98. The fourth-order valence-electron chi connectivity index (χ4n) is 2.61. The number of aliphatic carboxylic acids is 1. The summed E-state index contributed by atoms with van der Waals surface area (Å²) in [5.41, 5.74) is 0. The Hall–Kier alpha value is -1.85. The Balaban J connectivity index is 2.14. The fraction of sp³-hybridized carbons (Fsp3) is 0.643. The molecular formula is C14H22N4O2. The van der Waals surface area contributed by atoms with E-state index in [0.29, 0.717) is 12.4 Å². The topological polar surface area (TPSA) is 69.6 Å². The molecular weight excluding hydrogens is 256 g/mol. The highest BCUT2D eigenvalue weighted by Gasteiger charge is 2.24. The number of carbonyl (C=O) groups is 1. The molecule has 0 aromatic carbocycles. The van der Waals surface area contributed by atoms with Gasteiger partial charge in [-0.25, -0.2) is 4.98 Å². The number of piperidine rings is 1. The van der Waals surface area contributed by atoms with Crippen LogP contribution in [0.3, 0.4) is 0 Å². The second-order valence-electron chi connectivity index (χ2n) is 5.38. The average molecular weight is 278 g/mol. The molecule has 1 saturated heterocycles. The van der Waals surface area contributed by atoms with Gasteiger partial charge in [0.1, 0.15) is 5.82 Å². The maximum atomic E-state index is 10.8. The van der Waals surface area contributed by atoms with Gasteiger partial charge in [0.25, 0.3) is 0 Å². The lowest BCUT2D eigenvalue weighted by Gasteiger charge is -2.36. The molecule has 1 aromatic rings. The van der Waals surface area contributed by atoms with E-state index in [9.17, 15) is 4.79 Å². The van der Waals surface area contributed by atoms with Crippen LogP contribution in [0.5, 0.6) is 0 Å². The molecule has 1 unspecified atom stereocenters. The first-order valence-corrected chi connectivity index (χ1v) is 7.06. The van der Waals surface area contributed by atoms with Crippen LogP contribution in [0.1, 0.15) is 32.1 Å². The molecule has 0 radical (unpaired) electrons. The first kappa shape index (κ1) is 14.6. The molecule has 1 aliphatic heterocycles. The first-order valence-electron chi connectivity index (χ1n) is 7.06. The molecule has 2 rings (SSSR count). The van der Waals surface area contributed by atoms with E-state index in [4.69, 9.17) is 5.11 Å². The molecule has 1 aromatic heterocycles. The lowest BCUT2D eigenvalue weighted by Crippen LogP contribution is -2.40. The highest BCUT2D eigenvalue weighted by atomic mass is 16.4. The monoisotopic (exact) mass is 278 g/mol. The Bertz CT molecular complexity index is 464. The molecule has 6 heteroatoms. The average Bonchev–Trinajstić information content (AvgIpc) is 2.45. The normalized spacial score (nSPS) is 18.9. The SMILES string of the molecule is CN(C)c1nccc(N2CCCCC2CCC(=O)O)n1. The lowest BCUT2D eigenvalue weighted by molar-refractivity contribution is -0.137. The summed E-state index contributed by atoms with van der Waals surface area (Å²) < 4.78 is 0. The standard InChI is InChI=1S/C14H22N4O2/c1-17(2)14-15-9-8-12(16-14)18-10-4-3-5-11(18)6-7-13(19)20/h8-9,11H,3-7,10H2,1-2H3,(H,19,20). The van der Waals surface area contributed by atoms with Gasteiger partial charge in [0.15, 0.2) is 0 Å². The maximum absolute atomic E-state index is 10.8. The Morgan fingerprint density at radius 1 is 1.50 bits per heavy atom. The zero-order chi connectivity index (χ0) is 14.5. The highest BCUT2D eigenvalue weighted by Crippen LogP contribution is 2.26. The number of aromatic nitrogens is 2. The van der Waals surface area contributed by atoms with E-state index in [1.165, 1.54) is 0 Å². The third-order valence-electron chi connectivity index (χ3n) is 3.64. The molecule has 0 spiro atoms. The van der Waals surface area contributed by atoms with Crippen LogP contribution in [0.4, 0.5) is 11.8 Å². The molecule has 110 valence electrons. The molecule has 20 heavy (non-hydrogen) atoms. The van der Waals surface area contributed by atoms with Gasteiger partial charge in [-0.2, -0.15) is 4.98 Å². The second-order valence-corrected chi connectivity index (χ2v) is 5.38. The van der Waals surface area contributed by atoms with Gasteiger partial charge in [-0.3, -0.25) is 4.79 Å². The van der Waals surface area contributed by atoms with E-state index >= 15 is 0 Å². The Kier molecular flexibility index (Phi) is 4.76. The fourth-order valence-corrected chi connectivity index (χ4v) is 2.61. The van der Waals surface area contributed by atoms with Gasteiger partial charge in [0.05, 0.1) is 0 Å². The van der Waals surface area contributed by atoms with E-state index in [0.717, 1.165) is 31.6 Å². The first-order chi connectivity index (χ1) is 9.58. The molecule has 1 N–H and O–H groups in total. The van der Waals surface area contributed by atoms with Gasteiger partial charge >= 0.3 is 5.97 Å². The van der Waals surface area contributed by atoms with Crippen molar-refractivity contribution in [2.75, 3.05) is 30.4 Å². The van der Waals surface area contributed by atoms with Crippen molar-refractivity contribution in [1.82, 2.24) is 9.97 Å². The third kappa shape index (κ3) is 3.59. The van der Waals surface area contributed by atoms with Crippen LogP contribution in [0.15, 0.2) is 12.3 Å². The summed E-state index contributed by atoms with van der Waals surface area (Å²) in [6, 6.07) is 2.18. The number of carboxylic acid groups (broad SMARTS) is 1. The van der Waals surface area contributed by atoms with E-state index in [-0.39, 0.29) is 12.5 Å². The number of anilines is 2. The molecule has 0 amide bonds. The van der Waals surface area contributed by atoms with Crippen LogP contribution in [0.2, 0.25) is 0 Å². The number of carboxylic acids is 1. The molecule has 1 fully saturated rings. The minimum atomic E-state index is -0.729. The summed E-state index contributed by atoms with van der Waals surface area (Å²) in [7, 11) is 3.83. The molecule has 1 atom stereocenters. The summed E-state index contributed by atoms with van der Waals surface area (Å²) in [6.45, 7) is 0.939. The molecule has 1 aliphatic rings. The van der Waals surface area contributed by atoms with Crippen molar-refractivity contribution < 1.29 is 9.90 Å². The van der Waals surface area contributed by atoms with Crippen molar-refractivity contribution in [3.05, 3.63) is 12.3 Å². The zero-order valence-corrected chi connectivity index (χ0v) is 12.1. The van der Waals surface area contributed by atoms with Crippen molar-refractivity contribution >= 4 is 17.7 Å². The summed E-state index contributed by atoms with van der Waals surface area (Å²) in [5.74, 6) is 0.857. The minimum Gasteiger partial charge on any atom is -0.481 e. The highest BCUT2D eigenvalue weighted by molar-refractivity contribution is 5.66. The maximum Gasteiger partial charge on any atom is 0.303 e. The number of hydrogen-bond acceptors (Lipinski definition) is 5. The van der Waals surface area contributed by atoms with Crippen LogP contribution in [-0.4, -0.2) is 47.7 Å². The number of rotatable bonds is 5. The van der Waals surface area contributed by atoms with Crippen molar-refractivity contribution in [3.8, 4) is 0 Å². The Morgan fingerprint density at radius 3 is 3.00 bits per heavy atom. The zero-order valence-electron chi connectivity index (χ0n) is 12.1. The van der Waals surface area contributed by atoms with Crippen molar-refractivity contribution in [2.45, 2.75) is 38.1 Å². The van der Waals surface area contributed by atoms with Crippen LogP contribution < -0.4 is 9.80 Å². The van der Waals surface area contributed by atoms with Crippen molar-refractivity contribution in [2.24, 2.45) is 0 Å².